The number of nitrogens with zero attached hydrogens (tertiary/aromatic N) is 1. The molecule has 0 atom stereocenters. The van der Waals surface area contributed by atoms with Crippen LogP contribution < -0.4 is 4.74 Å². The van der Waals surface area contributed by atoms with Gasteiger partial charge in [0.2, 0.25) is 0 Å². The summed E-state index contributed by atoms with van der Waals surface area (Å²) in [5.41, 5.74) is 2.24. The maximum Gasteiger partial charge on any atom is 0.163 e. The van der Waals surface area contributed by atoms with Crippen LogP contribution in [-0.4, -0.2) is 5.78 Å². The number of ether oxygens (including phenoxy) is 1. The fourth-order valence-corrected chi connectivity index (χ4v) is 2.00. The number of hydrogen-bond acceptors (Lipinski definition) is 3. The van der Waals surface area contributed by atoms with E-state index in [9.17, 15) is 9.18 Å². The van der Waals surface area contributed by atoms with Gasteiger partial charge in [-0.15, -0.1) is 0 Å². The average Bonchev–Trinajstić information content (AvgIpc) is 2.45. The van der Waals surface area contributed by atoms with Gasteiger partial charge in [0.25, 0.3) is 0 Å². The van der Waals surface area contributed by atoms with Crippen molar-refractivity contribution >= 4 is 5.78 Å². The lowest BCUT2D eigenvalue weighted by atomic mass is 10.1. The van der Waals surface area contributed by atoms with E-state index in [1.54, 1.807) is 18.2 Å². The van der Waals surface area contributed by atoms with Crippen molar-refractivity contribution in [3.63, 3.8) is 0 Å². The number of aryl methyl sites for hydroxylation is 1. The Kier molecular flexibility index (Phi) is 4.34. The van der Waals surface area contributed by atoms with Crippen LogP contribution in [0.15, 0.2) is 36.4 Å². The van der Waals surface area contributed by atoms with Crippen molar-refractivity contribution in [2.45, 2.75) is 20.5 Å². The van der Waals surface area contributed by atoms with Crippen LogP contribution in [0.4, 0.5) is 4.39 Å². The third-order valence-corrected chi connectivity index (χ3v) is 3.00. The van der Waals surface area contributed by atoms with E-state index in [0.29, 0.717) is 16.9 Å². The summed E-state index contributed by atoms with van der Waals surface area (Å²) in [5.74, 6) is -0.120. The number of Topliss-reactive ketones (excluding diaryl/α,β-unsaturated/α-hetero) is 1. The second-order valence-electron chi connectivity index (χ2n) is 4.80. The Morgan fingerprint density at radius 2 is 2.05 bits per heavy atom. The Labute approximate surface area is 122 Å². The van der Waals surface area contributed by atoms with Gasteiger partial charge in [-0.3, -0.25) is 4.79 Å². The monoisotopic (exact) mass is 283 g/mol. The van der Waals surface area contributed by atoms with Crippen LogP contribution in [0.3, 0.4) is 0 Å². The third kappa shape index (κ3) is 3.67. The Bertz CT molecular complexity index is 732. The fraction of sp³-hybridized carbons (Fsp3) is 0.176. The molecule has 2 rings (SSSR count). The van der Waals surface area contributed by atoms with Crippen LogP contribution in [0.5, 0.6) is 5.75 Å². The summed E-state index contributed by atoms with van der Waals surface area (Å²) in [6.45, 7) is 3.45. The largest absolute Gasteiger partial charge is 0.488 e. The number of carbonyl (C=O) groups excluding carboxylic acids is 1. The van der Waals surface area contributed by atoms with Gasteiger partial charge in [0.1, 0.15) is 18.2 Å². The number of hydrogen-bond donors (Lipinski definition) is 0. The van der Waals surface area contributed by atoms with Gasteiger partial charge in [-0.25, -0.2) is 4.39 Å². The summed E-state index contributed by atoms with van der Waals surface area (Å²) in [6, 6.07) is 11.2. The van der Waals surface area contributed by atoms with Crippen LogP contribution in [0.25, 0.3) is 0 Å². The second-order valence-corrected chi connectivity index (χ2v) is 4.80. The molecule has 4 heteroatoms. The van der Waals surface area contributed by atoms with Crippen molar-refractivity contribution in [1.82, 2.24) is 0 Å². The van der Waals surface area contributed by atoms with E-state index < -0.39 is 5.82 Å². The Morgan fingerprint density at radius 1 is 1.29 bits per heavy atom. The van der Waals surface area contributed by atoms with Crippen LogP contribution in [0, 0.1) is 24.1 Å². The van der Waals surface area contributed by atoms with E-state index in [2.05, 4.69) is 0 Å². The first kappa shape index (κ1) is 14.7. The smallest absolute Gasteiger partial charge is 0.163 e. The molecule has 0 heterocycles. The second kappa shape index (κ2) is 6.19. The molecule has 0 N–H and O–H groups in total. The van der Waals surface area contributed by atoms with Gasteiger partial charge in [0, 0.05) is 0 Å². The molecule has 0 aliphatic heterocycles. The highest BCUT2D eigenvalue weighted by Crippen LogP contribution is 2.22. The van der Waals surface area contributed by atoms with E-state index in [-0.39, 0.29) is 18.0 Å². The summed E-state index contributed by atoms with van der Waals surface area (Å²) in [7, 11) is 0. The minimum absolute atomic E-state index is 0.0920. The van der Waals surface area contributed by atoms with E-state index >= 15 is 0 Å². The molecule has 0 saturated heterocycles. The lowest BCUT2D eigenvalue weighted by molar-refractivity contribution is 0.101. The van der Waals surface area contributed by atoms with Crippen LogP contribution in [0.1, 0.15) is 34.0 Å². The zero-order chi connectivity index (χ0) is 15.4. The molecule has 3 nitrogen and oxygen atoms in total. The number of halogens is 1. The molecule has 0 unspecified atom stereocenters. The van der Waals surface area contributed by atoms with E-state index in [1.165, 1.54) is 13.0 Å². The van der Waals surface area contributed by atoms with Gasteiger partial charge in [0.15, 0.2) is 5.78 Å². The van der Waals surface area contributed by atoms with Gasteiger partial charge in [-0.2, -0.15) is 5.26 Å². The lowest BCUT2D eigenvalue weighted by Gasteiger charge is -2.11. The lowest BCUT2D eigenvalue weighted by Crippen LogP contribution is -2.02. The Morgan fingerprint density at radius 3 is 2.71 bits per heavy atom. The Hall–Kier alpha value is -2.67. The summed E-state index contributed by atoms with van der Waals surface area (Å²) in [4.78, 5) is 11.6. The first-order valence-corrected chi connectivity index (χ1v) is 6.43. The van der Waals surface area contributed by atoms with Crippen LogP contribution in [0.2, 0.25) is 0 Å². The van der Waals surface area contributed by atoms with Crippen molar-refractivity contribution in [3.8, 4) is 11.8 Å². The first-order valence-electron chi connectivity index (χ1n) is 6.43. The standard InChI is InChI=1S/C17H14FNO2/c1-11-3-4-17(16(5-11)12(2)20)21-10-14-6-13(9-19)7-15(18)8-14/h3-8H,10H2,1-2H3. The Balaban J connectivity index is 2.23. The van der Waals surface area contributed by atoms with E-state index in [1.807, 2.05) is 19.1 Å². The third-order valence-electron chi connectivity index (χ3n) is 3.00. The van der Waals surface area contributed by atoms with Gasteiger partial charge < -0.3 is 4.74 Å². The highest BCUT2D eigenvalue weighted by Gasteiger charge is 2.09. The van der Waals surface area contributed by atoms with Gasteiger partial charge in [-0.05, 0) is 49.7 Å². The average molecular weight is 283 g/mol. The topological polar surface area (TPSA) is 50.1 Å². The van der Waals surface area contributed by atoms with Gasteiger partial charge in [0.05, 0.1) is 17.2 Å². The predicted octanol–water partition coefficient (Wildman–Crippen LogP) is 3.79. The van der Waals surface area contributed by atoms with Crippen LogP contribution >= 0.6 is 0 Å². The van der Waals surface area contributed by atoms with Gasteiger partial charge in [-0.1, -0.05) is 11.6 Å². The van der Waals surface area contributed by atoms with Gasteiger partial charge >= 0.3 is 0 Å². The molecule has 0 bridgehead atoms. The zero-order valence-electron chi connectivity index (χ0n) is 11.8. The molecule has 21 heavy (non-hydrogen) atoms. The molecule has 0 aromatic heterocycles. The molecule has 0 amide bonds. The molecule has 0 aliphatic carbocycles. The predicted molar refractivity (Wildman–Crippen MR) is 76.6 cm³/mol. The number of ketones is 1. The fourth-order valence-electron chi connectivity index (χ4n) is 2.00. The van der Waals surface area contributed by atoms with E-state index in [4.69, 9.17) is 10.00 Å². The maximum absolute atomic E-state index is 13.3. The number of carbonyl (C=O) groups is 1. The number of nitriles is 1. The van der Waals surface area contributed by atoms with Crippen molar-refractivity contribution in [1.29, 1.82) is 5.26 Å². The first-order chi connectivity index (χ1) is 9.99. The van der Waals surface area contributed by atoms with Crippen molar-refractivity contribution in [2.24, 2.45) is 0 Å². The molecule has 0 saturated carbocycles. The highest BCUT2D eigenvalue weighted by atomic mass is 19.1. The normalized spacial score (nSPS) is 10.0. The quantitative estimate of drug-likeness (QED) is 0.802. The molecule has 0 fully saturated rings. The van der Waals surface area contributed by atoms with Crippen LogP contribution in [-0.2, 0) is 6.61 Å². The number of benzene rings is 2. The summed E-state index contributed by atoms with van der Waals surface area (Å²) >= 11 is 0. The number of rotatable bonds is 4. The molecule has 0 radical (unpaired) electrons. The molecule has 106 valence electrons. The maximum atomic E-state index is 13.3. The summed E-state index contributed by atoms with van der Waals surface area (Å²) in [5, 5.41) is 8.82. The molecule has 0 spiro atoms. The minimum Gasteiger partial charge on any atom is -0.488 e. The molecular weight excluding hydrogens is 269 g/mol. The van der Waals surface area contributed by atoms with Crippen molar-refractivity contribution < 1.29 is 13.9 Å². The van der Waals surface area contributed by atoms with Crippen molar-refractivity contribution in [2.75, 3.05) is 0 Å². The highest BCUT2D eigenvalue weighted by molar-refractivity contribution is 5.97. The van der Waals surface area contributed by atoms with E-state index in [0.717, 1.165) is 11.6 Å². The molecule has 0 aliphatic rings. The molecule has 2 aromatic rings. The molecular formula is C17H14FNO2. The molecule has 2 aromatic carbocycles. The zero-order valence-corrected chi connectivity index (χ0v) is 11.8. The summed E-state index contributed by atoms with van der Waals surface area (Å²) < 4.78 is 18.9. The van der Waals surface area contributed by atoms with Crippen molar-refractivity contribution in [3.05, 3.63) is 64.5 Å². The summed E-state index contributed by atoms with van der Waals surface area (Å²) in [6.07, 6.45) is 0. The minimum atomic E-state index is -0.483. The SMILES string of the molecule is CC(=O)c1cc(C)ccc1OCc1cc(F)cc(C#N)c1.